The van der Waals surface area contributed by atoms with E-state index >= 15 is 0 Å². The monoisotopic (exact) mass is 443 g/mol. The smallest absolute Gasteiger partial charge is 0.304 e. The van der Waals surface area contributed by atoms with Crippen LogP contribution in [0.5, 0.6) is 6.01 Å². The van der Waals surface area contributed by atoms with Gasteiger partial charge in [0.05, 0.1) is 29.6 Å². The molecule has 4 aromatic rings. The van der Waals surface area contributed by atoms with Gasteiger partial charge in [0.15, 0.2) is 5.82 Å². The van der Waals surface area contributed by atoms with Crippen molar-refractivity contribution in [2.75, 3.05) is 24.3 Å². The van der Waals surface area contributed by atoms with Crippen molar-refractivity contribution in [3.05, 3.63) is 65.4 Å². The van der Waals surface area contributed by atoms with Crippen LogP contribution in [0, 0.1) is 0 Å². The first-order valence-electron chi connectivity index (χ1n) is 10.9. The van der Waals surface area contributed by atoms with Crippen LogP contribution in [-0.4, -0.2) is 39.1 Å². The van der Waals surface area contributed by atoms with Crippen LogP contribution in [0.2, 0.25) is 0 Å². The molecular weight excluding hydrogens is 418 g/mol. The molecule has 0 unspecified atom stereocenters. The van der Waals surface area contributed by atoms with Crippen molar-refractivity contribution < 1.29 is 9.53 Å². The number of aryl methyl sites for hydroxylation is 1. The molecule has 9 nitrogen and oxygen atoms in total. The lowest BCUT2D eigenvalue weighted by Crippen LogP contribution is -2.13. The molecule has 2 aromatic carbocycles. The first kappa shape index (κ1) is 20.7. The number of aromatic nitrogens is 4. The third kappa shape index (κ3) is 3.93. The summed E-state index contributed by atoms with van der Waals surface area (Å²) in [6.45, 7) is 1.49. The fourth-order valence-electron chi connectivity index (χ4n) is 4.11. The van der Waals surface area contributed by atoms with Gasteiger partial charge in [0, 0.05) is 13.1 Å². The fraction of sp³-hybridized carbons (Fsp3) is 0.250. The van der Waals surface area contributed by atoms with E-state index in [0.717, 1.165) is 48.6 Å². The van der Waals surface area contributed by atoms with E-state index in [0.29, 0.717) is 29.1 Å². The summed E-state index contributed by atoms with van der Waals surface area (Å²) in [5.74, 6) is 0.592. The van der Waals surface area contributed by atoms with Crippen molar-refractivity contribution >= 4 is 28.4 Å². The Kier molecular flexibility index (Phi) is 5.52. The predicted octanol–water partition coefficient (Wildman–Crippen LogP) is 3.28. The summed E-state index contributed by atoms with van der Waals surface area (Å²) in [4.78, 5) is 26.2. The van der Waals surface area contributed by atoms with E-state index in [1.54, 1.807) is 16.7 Å². The lowest BCUT2D eigenvalue weighted by molar-refractivity contribution is 0.100. The predicted molar refractivity (Wildman–Crippen MR) is 127 cm³/mol. The summed E-state index contributed by atoms with van der Waals surface area (Å²) in [5, 5.41) is 6.96. The van der Waals surface area contributed by atoms with Crippen molar-refractivity contribution in [2.24, 2.45) is 5.73 Å². The minimum atomic E-state index is -0.551. The average molecular weight is 444 g/mol. The zero-order valence-electron chi connectivity index (χ0n) is 18.3. The molecule has 9 heteroatoms. The van der Waals surface area contributed by atoms with Gasteiger partial charge in [-0.3, -0.25) is 4.79 Å². The number of amides is 1. The number of fused-ring (bicyclic) bond motifs is 2. The molecule has 4 N–H and O–H groups in total. The summed E-state index contributed by atoms with van der Waals surface area (Å²) < 4.78 is 7.26. The van der Waals surface area contributed by atoms with Crippen LogP contribution < -0.4 is 21.1 Å². The Morgan fingerprint density at radius 3 is 2.76 bits per heavy atom. The van der Waals surface area contributed by atoms with Crippen molar-refractivity contribution in [3.8, 4) is 12.0 Å². The van der Waals surface area contributed by atoms with Crippen LogP contribution in [0.4, 0.5) is 11.5 Å². The molecular formula is C24H25N7O2. The van der Waals surface area contributed by atoms with Crippen LogP contribution in [-0.2, 0) is 13.0 Å². The van der Waals surface area contributed by atoms with E-state index in [4.69, 9.17) is 20.4 Å². The number of nitrogens with zero attached hydrogens (tertiary/aromatic N) is 4. The molecule has 1 amide bonds. The average Bonchev–Trinajstić information content (AvgIpc) is 3.05. The topological polar surface area (TPSA) is 120 Å². The van der Waals surface area contributed by atoms with E-state index in [1.165, 1.54) is 7.11 Å². The van der Waals surface area contributed by atoms with Crippen molar-refractivity contribution in [1.29, 1.82) is 0 Å². The summed E-state index contributed by atoms with van der Waals surface area (Å²) >= 11 is 0. The number of anilines is 2. The number of hydrogen-bond donors (Lipinski definition) is 3. The molecule has 0 radical (unpaired) electrons. The summed E-state index contributed by atoms with van der Waals surface area (Å²) in [6.07, 6.45) is 2.92. The zero-order valence-corrected chi connectivity index (χ0v) is 18.3. The number of rotatable bonds is 6. The lowest BCUT2D eigenvalue weighted by Gasteiger charge is -2.17. The second-order valence-electron chi connectivity index (χ2n) is 7.89. The van der Waals surface area contributed by atoms with Crippen LogP contribution in [0.15, 0.2) is 48.5 Å². The number of para-hydroxylation sites is 1. The summed E-state index contributed by atoms with van der Waals surface area (Å²) in [7, 11) is 1.53. The SMILES string of the molecule is COc1nc2c(C(N)=O)cccc2n1-c1nc2c(c(NCc3ccccc3)n1)NCCCC2. The van der Waals surface area contributed by atoms with Gasteiger partial charge in [-0.15, -0.1) is 0 Å². The fourth-order valence-corrected chi connectivity index (χ4v) is 4.11. The molecule has 0 atom stereocenters. The Balaban J connectivity index is 1.65. The van der Waals surface area contributed by atoms with Gasteiger partial charge in [-0.05, 0) is 37.0 Å². The second-order valence-corrected chi connectivity index (χ2v) is 7.89. The summed E-state index contributed by atoms with van der Waals surface area (Å²) in [5.41, 5.74) is 10.0. The van der Waals surface area contributed by atoms with Gasteiger partial charge in [-0.2, -0.15) is 9.97 Å². The van der Waals surface area contributed by atoms with Gasteiger partial charge in [-0.25, -0.2) is 9.55 Å². The first-order chi connectivity index (χ1) is 16.2. The highest BCUT2D eigenvalue weighted by Gasteiger charge is 2.23. The molecule has 0 bridgehead atoms. The van der Waals surface area contributed by atoms with E-state index in [1.807, 2.05) is 24.3 Å². The number of carbonyl (C=O) groups is 1. The van der Waals surface area contributed by atoms with Gasteiger partial charge in [0.25, 0.3) is 5.91 Å². The molecule has 0 fully saturated rings. The Bertz CT molecular complexity index is 1320. The maximum Gasteiger partial charge on any atom is 0.304 e. The zero-order chi connectivity index (χ0) is 22.8. The van der Waals surface area contributed by atoms with Gasteiger partial charge in [0.1, 0.15) is 5.52 Å². The Hall–Kier alpha value is -4.14. The molecule has 0 aliphatic carbocycles. The maximum atomic E-state index is 11.9. The molecule has 1 aliphatic rings. The van der Waals surface area contributed by atoms with Crippen LogP contribution in [0.25, 0.3) is 17.0 Å². The van der Waals surface area contributed by atoms with Crippen LogP contribution >= 0.6 is 0 Å². The highest BCUT2D eigenvalue weighted by molar-refractivity contribution is 6.04. The molecule has 3 heterocycles. The largest absolute Gasteiger partial charge is 0.468 e. The number of hydrogen-bond acceptors (Lipinski definition) is 7. The molecule has 2 aromatic heterocycles. The third-order valence-electron chi connectivity index (χ3n) is 5.72. The van der Waals surface area contributed by atoms with Crippen molar-refractivity contribution in [1.82, 2.24) is 19.5 Å². The highest BCUT2D eigenvalue weighted by Crippen LogP contribution is 2.32. The highest BCUT2D eigenvalue weighted by atomic mass is 16.5. The molecule has 0 spiro atoms. The standard InChI is InChI=1S/C24H25N7O2/c1-33-24-29-19-16(21(25)32)10-7-12-18(19)31(24)23-28-17-11-5-6-13-26-20(17)22(30-23)27-14-15-8-3-2-4-9-15/h2-4,7-10,12,26H,5-6,11,13-14H2,1H3,(H2,25,32)(H,27,28,30). The number of nitrogens with two attached hydrogens (primary N) is 1. The number of methoxy groups -OCH3 is 1. The molecule has 1 aliphatic heterocycles. The van der Waals surface area contributed by atoms with Gasteiger partial charge >= 0.3 is 6.01 Å². The quantitative estimate of drug-likeness (QED) is 0.418. The van der Waals surface area contributed by atoms with Crippen LogP contribution in [0.1, 0.15) is 34.5 Å². The Morgan fingerprint density at radius 2 is 1.97 bits per heavy atom. The summed E-state index contributed by atoms with van der Waals surface area (Å²) in [6, 6.07) is 15.7. The number of nitrogens with one attached hydrogen (secondary N) is 2. The Morgan fingerprint density at radius 1 is 1.12 bits per heavy atom. The molecule has 0 saturated heterocycles. The number of imidazole rings is 1. The lowest BCUT2D eigenvalue weighted by atomic mass is 10.2. The van der Waals surface area contributed by atoms with Gasteiger partial charge in [0.2, 0.25) is 5.95 Å². The normalized spacial score (nSPS) is 13.1. The Labute approximate surface area is 191 Å². The molecule has 0 saturated carbocycles. The number of ether oxygens (including phenoxy) is 1. The van der Waals surface area contributed by atoms with Gasteiger partial charge < -0.3 is 21.1 Å². The number of benzene rings is 2. The number of primary amides is 1. The van der Waals surface area contributed by atoms with Crippen molar-refractivity contribution in [3.63, 3.8) is 0 Å². The van der Waals surface area contributed by atoms with E-state index < -0.39 is 5.91 Å². The van der Waals surface area contributed by atoms with E-state index in [9.17, 15) is 4.79 Å². The molecule has 33 heavy (non-hydrogen) atoms. The molecule has 168 valence electrons. The van der Waals surface area contributed by atoms with Gasteiger partial charge in [-0.1, -0.05) is 36.4 Å². The third-order valence-corrected chi connectivity index (χ3v) is 5.72. The minimum absolute atomic E-state index is 0.286. The van der Waals surface area contributed by atoms with Crippen molar-refractivity contribution in [2.45, 2.75) is 25.8 Å². The molecule has 5 rings (SSSR count). The maximum absolute atomic E-state index is 11.9. The first-order valence-corrected chi connectivity index (χ1v) is 10.9. The van der Waals surface area contributed by atoms with E-state index in [-0.39, 0.29) is 6.01 Å². The second kappa shape index (κ2) is 8.78. The van der Waals surface area contributed by atoms with Crippen LogP contribution in [0.3, 0.4) is 0 Å². The minimum Gasteiger partial charge on any atom is -0.468 e. The number of carbonyl (C=O) groups excluding carboxylic acids is 1. The van der Waals surface area contributed by atoms with E-state index in [2.05, 4.69) is 27.8 Å².